The van der Waals surface area contributed by atoms with Crippen molar-refractivity contribution in [2.24, 2.45) is 0 Å². The summed E-state index contributed by atoms with van der Waals surface area (Å²) in [4.78, 5) is 2.47. The normalized spacial score (nSPS) is 11.9. The zero-order valence-corrected chi connectivity index (χ0v) is 27.8. The van der Waals surface area contributed by atoms with Gasteiger partial charge in [-0.25, -0.2) is 0 Å². The van der Waals surface area contributed by atoms with E-state index in [4.69, 9.17) is 0 Å². The fraction of sp³-hybridized carbons (Fsp3) is 0. The third-order valence-electron chi connectivity index (χ3n) is 10.9. The first-order valence-electron chi connectivity index (χ1n) is 17.7. The van der Waals surface area contributed by atoms with Crippen molar-refractivity contribution in [2.45, 2.75) is 0 Å². The highest BCUT2D eigenvalue weighted by molar-refractivity contribution is 6.37. The molecular formula is C50H31N. The first kappa shape index (κ1) is 28.2. The molecule has 0 aliphatic heterocycles. The van der Waals surface area contributed by atoms with Crippen LogP contribution in [0.4, 0.5) is 17.1 Å². The van der Waals surface area contributed by atoms with E-state index in [-0.39, 0.29) is 0 Å². The number of benzene rings is 10. The summed E-state index contributed by atoms with van der Waals surface area (Å²) in [7, 11) is 0. The van der Waals surface area contributed by atoms with Gasteiger partial charge >= 0.3 is 0 Å². The zero-order valence-electron chi connectivity index (χ0n) is 27.8. The van der Waals surface area contributed by atoms with Gasteiger partial charge in [0.1, 0.15) is 0 Å². The zero-order chi connectivity index (χ0) is 33.5. The van der Waals surface area contributed by atoms with Crippen LogP contribution in [0.15, 0.2) is 188 Å². The van der Waals surface area contributed by atoms with Crippen molar-refractivity contribution in [1.82, 2.24) is 0 Å². The van der Waals surface area contributed by atoms with E-state index in [1.165, 1.54) is 86.5 Å². The summed E-state index contributed by atoms with van der Waals surface area (Å²) in [5.74, 6) is 0. The number of anilines is 3. The van der Waals surface area contributed by atoms with Gasteiger partial charge in [-0.05, 0) is 111 Å². The average molecular weight is 646 g/mol. The Labute approximate surface area is 295 Å². The van der Waals surface area contributed by atoms with Crippen LogP contribution in [-0.2, 0) is 0 Å². The SMILES string of the molecule is c1ccc(-c2ccccc2N(c2ccc3ccccc3c2)c2cc3ccc4cccc5c6cccc7ccc8cccc(c(c2)c3c45)c8c76)cc1. The molecule has 0 unspecified atom stereocenters. The predicted molar refractivity (Wildman–Crippen MR) is 220 cm³/mol. The number of hydrogen-bond acceptors (Lipinski definition) is 1. The molecule has 11 aromatic carbocycles. The standard InChI is InChI=1S/C50H31N/c1-2-12-33(13-3-1)41-18-6-7-22-46(41)51(39-28-27-32-11-4-5-14-37(32)29-39)40-30-38-26-25-36-16-9-20-43-42-19-8-15-34-23-24-35-17-10-21-44(49(35)47(34)42)45(31-40)50(38)48(36)43/h1-31H. The van der Waals surface area contributed by atoms with Gasteiger partial charge in [-0.3, -0.25) is 0 Å². The highest BCUT2D eigenvalue weighted by atomic mass is 15.1. The average Bonchev–Trinajstić information content (AvgIpc) is 3.19. The van der Waals surface area contributed by atoms with Gasteiger partial charge in [0, 0.05) is 16.9 Å². The monoisotopic (exact) mass is 645 g/mol. The molecule has 0 aliphatic rings. The largest absolute Gasteiger partial charge is 0.310 e. The van der Waals surface area contributed by atoms with Crippen molar-refractivity contribution < 1.29 is 0 Å². The minimum atomic E-state index is 1.13. The predicted octanol–water partition coefficient (Wildman–Crippen LogP) is 14.3. The van der Waals surface area contributed by atoms with Crippen LogP contribution in [0.2, 0.25) is 0 Å². The Kier molecular flexibility index (Phi) is 6.02. The van der Waals surface area contributed by atoms with Gasteiger partial charge in [-0.2, -0.15) is 0 Å². The number of fused-ring (bicyclic) bond motifs is 3. The van der Waals surface area contributed by atoms with Crippen molar-refractivity contribution in [1.29, 1.82) is 0 Å². The van der Waals surface area contributed by atoms with Gasteiger partial charge in [-0.15, -0.1) is 0 Å². The summed E-state index contributed by atoms with van der Waals surface area (Å²) in [6.45, 7) is 0. The lowest BCUT2D eigenvalue weighted by Crippen LogP contribution is -2.11. The van der Waals surface area contributed by atoms with Gasteiger partial charge in [0.15, 0.2) is 0 Å². The molecule has 236 valence electrons. The molecular weight excluding hydrogens is 615 g/mol. The van der Waals surface area contributed by atoms with Crippen molar-refractivity contribution in [3.8, 4) is 11.1 Å². The minimum absolute atomic E-state index is 1.13. The third-order valence-corrected chi connectivity index (χ3v) is 10.9. The molecule has 0 aromatic heterocycles. The molecule has 0 saturated heterocycles. The van der Waals surface area contributed by atoms with Gasteiger partial charge < -0.3 is 4.90 Å². The second-order valence-corrected chi connectivity index (χ2v) is 13.7. The Balaban J connectivity index is 1.33. The molecule has 0 spiro atoms. The van der Waals surface area contributed by atoms with Crippen LogP contribution in [0.25, 0.3) is 86.5 Å². The molecule has 0 fully saturated rings. The molecule has 0 heterocycles. The van der Waals surface area contributed by atoms with E-state index in [0.717, 1.165) is 17.1 Å². The summed E-state index contributed by atoms with van der Waals surface area (Å²) in [5, 5.41) is 17.9. The van der Waals surface area contributed by atoms with Gasteiger partial charge in [0.25, 0.3) is 0 Å². The van der Waals surface area contributed by atoms with E-state index in [1.807, 2.05) is 0 Å². The van der Waals surface area contributed by atoms with Crippen LogP contribution >= 0.6 is 0 Å². The highest BCUT2D eigenvalue weighted by Gasteiger charge is 2.21. The van der Waals surface area contributed by atoms with Gasteiger partial charge in [-0.1, -0.05) is 158 Å². The summed E-state index contributed by atoms with van der Waals surface area (Å²) >= 11 is 0. The molecule has 0 saturated carbocycles. The lowest BCUT2D eigenvalue weighted by molar-refractivity contribution is 1.30. The Hall–Kier alpha value is -6.70. The van der Waals surface area contributed by atoms with E-state index in [0.29, 0.717) is 0 Å². The molecule has 1 nitrogen and oxygen atoms in total. The van der Waals surface area contributed by atoms with Crippen LogP contribution in [0, 0.1) is 0 Å². The second-order valence-electron chi connectivity index (χ2n) is 13.7. The summed E-state index contributed by atoms with van der Waals surface area (Å²) < 4.78 is 0. The van der Waals surface area contributed by atoms with Crippen LogP contribution in [0.5, 0.6) is 0 Å². The minimum Gasteiger partial charge on any atom is -0.310 e. The Bertz CT molecular complexity index is 3130. The van der Waals surface area contributed by atoms with Crippen LogP contribution in [-0.4, -0.2) is 0 Å². The molecule has 0 amide bonds. The smallest absolute Gasteiger partial charge is 0.0540 e. The first-order chi connectivity index (χ1) is 25.3. The maximum Gasteiger partial charge on any atom is 0.0540 e. The highest BCUT2D eigenvalue weighted by Crippen LogP contribution is 2.47. The summed E-state index contributed by atoms with van der Waals surface area (Å²) in [5.41, 5.74) is 5.78. The topological polar surface area (TPSA) is 3.24 Å². The maximum atomic E-state index is 2.47. The molecule has 1 heteroatoms. The van der Waals surface area contributed by atoms with E-state index < -0.39 is 0 Å². The lowest BCUT2D eigenvalue weighted by atomic mass is 9.87. The summed E-state index contributed by atoms with van der Waals surface area (Å²) in [6, 6.07) is 69.6. The van der Waals surface area contributed by atoms with E-state index in [1.54, 1.807) is 0 Å². The van der Waals surface area contributed by atoms with Crippen LogP contribution in [0.1, 0.15) is 0 Å². The van der Waals surface area contributed by atoms with Gasteiger partial charge in [0.2, 0.25) is 0 Å². The fourth-order valence-corrected chi connectivity index (χ4v) is 8.67. The Morgan fingerprint density at radius 2 is 0.765 bits per heavy atom. The van der Waals surface area contributed by atoms with Crippen molar-refractivity contribution in [2.75, 3.05) is 4.90 Å². The second kappa shape index (κ2) is 10.9. The number of nitrogens with zero attached hydrogens (tertiary/aromatic N) is 1. The molecule has 51 heavy (non-hydrogen) atoms. The van der Waals surface area contributed by atoms with E-state index in [2.05, 4.69) is 193 Å². The van der Waals surface area contributed by atoms with Gasteiger partial charge in [0.05, 0.1) is 5.69 Å². The molecule has 11 rings (SSSR count). The number of para-hydroxylation sites is 1. The third kappa shape index (κ3) is 4.22. The summed E-state index contributed by atoms with van der Waals surface area (Å²) in [6.07, 6.45) is 0. The molecule has 0 N–H and O–H groups in total. The number of hydrogen-bond donors (Lipinski definition) is 0. The molecule has 11 aromatic rings. The maximum absolute atomic E-state index is 2.47. The number of rotatable bonds is 4. The van der Waals surface area contributed by atoms with Crippen molar-refractivity contribution in [3.63, 3.8) is 0 Å². The van der Waals surface area contributed by atoms with Crippen LogP contribution in [0.3, 0.4) is 0 Å². The lowest BCUT2D eigenvalue weighted by Gasteiger charge is -2.29. The Morgan fingerprint density at radius 1 is 0.275 bits per heavy atom. The van der Waals surface area contributed by atoms with E-state index >= 15 is 0 Å². The van der Waals surface area contributed by atoms with Crippen LogP contribution < -0.4 is 4.90 Å². The molecule has 0 atom stereocenters. The Morgan fingerprint density at radius 3 is 1.45 bits per heavy atom. The molecule has 0 aliphatic carbocycles. The quantitative estimate of drug-likeness (QED) is 0.172. The first-order valence-corrected chi connectivity index (χ1v) is 17.7. The van der Waals surface area contributed by atoms with Crippen molar-refractivity contribution >= 4 is 92.5 Å². The van der Waals surface area contributed by atoms with Crippen molar-refractivity contribution in [3.05, 3.63) is 188 Å². The van der Waals surface area contributed by atoms with E-state index in [9.17, 15) is 0 Å². The molecule has 0 radical (unpaired) electrons. The fourth-order valence-electron chi connectivity index (χ4n) is 8.67. The molecule has 0 bridgehead atoms.